The van der Waals surface area contributed by atoms with Gasteiger partial charge in [-0.15, -0.1) is 0 Å². The van der Waals surface area contributed by atoms with Crippen molar-refractivity contribution in [3.8, 4) is 5.69 Å². The summed E-state index contributed by atoms with van der Waals surface area (Å²) in [6, 6.07) is 7.78. The van der Waals surface area contributed by atoms with Gasteiger partial charge in [0, 0.05) is 18.8 Å². The van der Waals surface area contributed by atoms with E-state index in [0.717, 1.165) is 12.1 Å². The summed E-state index contributed by atoms with van der Waals surface area (Å²) >= 11 is 0. The quantitative estimate of drug-likeness (QED) is 0.820. The Balaban J connectivity index is 1.91. The van der Waals surface area contributed by atoms with Crippen molar-refractivity contribution in [1.82, 2.24) is 15.1 Å². The lowest BCUT2D eigenvalue weighted by Crippen LogP contribution is -2.33. The van der Waals surface area contributed by atoms with E-state index in [1.54, 1.807) is 29.1 Å². The van der Waals surface area contributed by atoms with Gasteiger partial charge in [-0.2, -0.15) is 5.10 Å². The van der Waals surface area contributed by atoms with Gasteiger partial charge < -0.3 is 10.4 Å². The summed E-state index contributed by atoms with van der Waals surface area (Å²) in [6.07, 6.45) is 3.34. The Labute approximate surface area is 128 Å². The minimum atomic E-state index is -0.299. The maximum absolute atomic E-state index is 12.9. The lowest BCUT2D eigenvalue weighted by Gasteiger charge is -2.12. The molecule has 2 N–H and O–H groups in total. The Hall–Kier alpha value is -2.21. The number of aliphatic hydroxyl groups excluding tert-OH is 1. The molecule has 1 heterocycles. The third-order valence-corrected chi connectivity index (χ3v) is 3.28. The Kier molecular flexibility index (Phi) is 5.66. The highest BCUT2D eigenvalue weighted by atomic mass is 19.1. The van der Waals surface area contributed by atoms with Crippen molar-refractivity contribution in [2.24, 2.45) is 0 Å². The van der Waals surface area contributed by atoms with Crippen LogP contribution in [0, 0.1) is 5.82 Å². The molecule has 2 aromatic rings. The lowest BCUT2D eigenvalue weighted by atomic mass is 10.2. The van der Waals surface area contributed by atoms with Crippen LogP contribution in [-0.4, -0.2) is 33.4 Å². The van der Waals surface area contributed by atoms with Crippen LogP contribution in [0.15, 0.2) is 36.5 Å². The number of carbonyl (C=O) groups is 1. The average Bonchev–Trinajstić information content (AvgIpc) is 2.94. The fourth-order valence-corrected chi connectivity index (χ4v) is 2.15. The van der Waals surface area contributed by atoms with Crippen molar-refractivity contribution in [2.45, 2.75) is 32.2 Å². The molecule has 1 unspecified atom stereocenters. The first-order valence-electron chi connectivity index (χ1n) is 7.29. The standard InChI is InChI=1S/C16H20FN3O2/c1-12(3-2-10-21)18-16(22)11-14-8-9-20(19-14)15-6-4-13(17)5-7-15/h4-9,12,21H,2-3,10-11H2,1H3,(H,18,22). The summed E-state index contributed by atoms with van der Waals surface area (Å²) in [7, 11) is 0. The van der Waals surface area contributed by atoms with Crippen molar-refractivity contribution < 1.29 is 14.3 Å². The van der Waals surface area contributed by atoms with Gasteiger partial charge in [-0.25, -0.2) is 9.07 Å². The topological polar surface area (TPSA) is 67.2 Å². The number of amides is 1. The second-order valence-corrected chi connectivity index (χ2v) is 5.24. The van der Waals surface area contributed by atoms with Crippen molar-refractivity contribution >= 4 is 5.91 Å². The summed E-state index contributed by atoms with van der Waals surface area (Å²) < 4.78 is 14.5. The predicted octanol–water partition coefficient (Wildman–Crippen LogP) is 1.83. The number of carbonyl (C=O) groups excluding carboxylic acids is 1. The van der Waals surface area contributed by atoms with Crippen molar-refractivity contribution in [3.63, 3.8) is 0 Å². The van der Waals surface area contributed by atoms with Gasteiger partial charge in [0.15, 0.2) is 0 Å². The van der Waals surface area contributed by atoms with Crippen LogP contribution < -0.4 is 5.32 Å². The summed E-state index contributed by atoms with van der Waals surface area (Å²) in [5.74, 6) is -0.401. The second kappa shape index (κ2) is 7.70. The minimum Gasteiger partial charge on any atom is -0.396 e. The van der Waals surface area contributed by atoms with Crippen LogP contribution in [0.3, 0.4) is 0 Å². The number of benzene rings is 1. The van der Waals surface area contributed by atoms with Gasteiger partial charge in [-0.1, -0.05) is 0 Å². The number of aromatic nitrogens is 2. The fraction of sp³-hybridized carbons (Fsp3) is 0.375. The molecule has 1 aromatic carbocycles. The van der Waals surface area contributed by atoms with E-state index in [4.69, 9.17) is 5.11 Å². The summed E-state index contributed by atoms with van der Waals surface area (Å²) in [6.45, 7) is 2.03. The molecule has 1 atom stereocenters. The molecule has 0 saturated heterocycles. The van der Waals surface area contributed by atoms with Crippen LogP contribution in [0.2, 0.25) is 0 Å². The average molecular weight is 305 g/mol. The lowest BCUT2D eigenvalue weighted by molar-refractivity contribution is -0.121. The molecule has 0 bridgehead atoms. The summed E-state index contributed by atoms with van der Waals surface area (Å²) in [5, 5.41) is 15.9. The molecule has 118 valence electrons. The number of rotatable bonds is 7. The third-order valence-electron chi connectivity index (χ3n) is 3.28. The van der Waals surface area contributed by atoms with E-state index in [2.05, 4.69) is 10.4 Å². The maximum Gasteiger partial charge on any atom is 0.226 e. The number of hydrogen-bond acceptors (Lipinski definition) is 3. The van der Waals surface area contributed by atoms with Crippen LogP contribution in [0.5, 0.6) is 0 Å². The molecule has 1 aromatic heterocycles. The van der Waals surface area contributed by atoms with E-state index < -0.39 is 0 Å². The summed E-state index contributed by atoms with van der Waals surface area (Å²) in [5.41, 5.74) is 1.39. The van der Waals surface area contributed by atoms with E-state index in [-0.39, 0.29) is 30.8 Å². The minimum absolute atomic E-state index is 0.0267. The Morgan fingerprint density at radius 1 is 1.36 bits per heavy atom. The molecule has 5 nitrogen and oxygen atoms in total. The fourth-order valence-electron chi connectivity index (χ4n) is 2.15. The number of aliphatic hydroxyl groups is 1. The molecule has 0 aliphatic rings. The van der Waals surface area contributed by atoms with Gasteiger partial charge in [0.25, 0.3) is 0 Å². The largest absolute Gasteiger partial charge is 0.396 e. The molecule has 0 fully saturated rings. The molecule has 0 saturated carbocycles. The second-order valence-electron chi connectivity index (χ2n) is 5.24. The number of nitrogens with zero attached hydrogens (tertiary/aromatic N) is 2. The molecule has 0 spiro atoms. The highest BCUT2D eigenvalue weighted by Crippen LogP contribution is 2.09. The smallest absolute Gasteiger partial charge is 0.226 e. The molecule has 0 aliphatic carbocycles. The molecule has 2 rings (SSSR count). The number of nitrogens with one attached hydrogen (secondary N) is 1. The number of hydrogen-bond donors (Lipinski definition) is 2. The monoisotopic (exact) mass is 305 g/mol. The molecule has 0 aliphatic heterocycles. The molecular weight excluding hydrogens is 285 g/mol. The van der Waals surface area contributed by atoms with Crippen LogP contribution >= 0.6 is 0 Å². The molecule has 0 radical (unpaired) electrons. The van der Waals surface area contributed by atoms with Crippen molar-refractivity contribution in [1.29, 1.82) is 0 Å². The zero-order valence-corrected chi connectivity index (χ0v) is 12.5. The molecule has 22 heavy (non-hydrogen) atoms. The van der Waals surface area contributed by atoms with Crippen LogP contribution in [0.1, 0.15) is 25.5 Å². The first-order valence-corrected chi connectivity index (χ1v) is 7.29. The zero-order chi connectivity index (χ0) is 15.9. The SMILES string of the molecule is CC(CCCO)NC(=O)Cc1ccn(-c2ccc(F)cc2)n1. The van der Waals surface area contributed by atoms with E-state index in [9.17, 15) is 9.18 Å². The first kappa shape index (κ1) is 16.2. The first-order chi connectivity index (χ1) is 10.6. The highest BCUT2D eigenvalue weighted by molar-refractivity contribution is 5.78. The highest BCUT2D eigenvalue weighted by Gasteiger charge is 2.10. The van der Waals surface area contributed by atoms with Crippen LogP contribution in [0.25, 0.3) is 5.69 Å². The van der Waals surface area contributed by atoms with Crippen LogP contribution in [0.4, 0.5) is 4.39 Å². The van der Waals surface area contributed by atoms with Gasteiger partial charge in [-0.3, -0.25) is 4.79 Å². The van der Waals surface area contributed by atoms with Crippen LogP contribution in [-0.2, 0) is 11.2 Å². The van der Waals surface area contributed by atoms with E-state index >= 15 is 0 Å². The summed E-state index contributed by atoms with van der Waals surface area (Å²) in [4.78, 5) is 11.9. The zero-order valence-electron chi connectivity index (χ0n) is 12.5. The Bertz CT molecular complexity index is 610. The third kappa shape index (κ3) is 4.66. The van der Waals surface area contributed by atoms with Gasteiger partial charge in [0.1, 0.15) is 5.82 Å². The normalized spacial score (nSPS) is 12.1. The van der Waals surface area contributed by atoms with Gasteiger partial charge in [0.05, 0.1) is 17.8 Å². The van der Waals surface area contributed by atoms with Gasteiger partial charge in [-0.05, 0) is 50.1 Å². The van der Waals surface area contributed by atoms with E-state index in [1.807, 2.05) is 6.92 Å². The van der Waals surface area contributed by atoms with Gasteiger partial charge in [0.2, 0.25) is 5.91 Å². The van der Waals surface area contributed by atoms with Gasteiger partial charge >= 0.3 is 0 Å². The van der Waals surface area contributed by atoms with E-state index in [0.29, 0.717) is 12.1 Å². The Morgan fingerprint density at radius 3 is 2.77 bits per heavy atom. The maximum atomic E-state index is 12.9. The van der Waals surface area contributed by atoms with Crippen molar-refractivity contribution in [3.05, 3.63) is 48.0 Å². The number of halogens is 1. The molecule has 6 heteroatoms. The van der Waals surface area contributed by atoms with E-state index in [1.165, 1.54) is 12.1 Å². The Morgan fingerprint density at radius 2 is 2.09 bits per heavy atom. The predicted molar refractivity (Wildman–Crippen MR) is 81.2 cm³/mol. The van der Waals surface area contributed by atoms with Crippen molar-refractivity contribution in [2.75, 3.05) is 6.61 Å². The molecule has 1 amide bonds. The molecular formula is C16H20FN3O2.